The van der Waals surface area contributed by atoms with Crippen molar-refractivity contribution in [1.82, 2.24) is 4.98 Å². The lowest BCUT2D eigenvalue weighted by atomic mass is 9.96. The molecule has 6 nitrogen and oxygen atoms in total. The summed E-state index contributed by atoms with van der Waals surface area (Å²) < 4.78 is 28.7. The largest absolute Gasteiger partial charge is 0.504 e. The van der Waals surface area contributed by atoms with E-state index in [1.54, 1.807) is 0 Å². The van der Waals surface area contributed by atoms with Gasteiger partial charge in [0.1, 0.15) is 0 Å². The number of methoxy groups -OCH3 is 1. The van der Waals surface area contributed by atoms with Gasteiger partial charge in [-0.05, 0) is 69.0 Å². The van der Waals surface area contributed by atoms with Crippen molar-refractivity contribution in [1.29, 1.82) is 0 Å². The van der Waals surface area contributed by atoms with Gasteiger partial charge >= 0.3 is 7.60 Å². The minimum Gasteiger partial charge on any atom is -0.504 e. The first-order valence-electron chi connectivity index (χ1n) is 9.47. The molecule has 0 atom stereocenters. The third-order valence-corrected chi connectivity index (χ3v) is 6.89. The maximum atomic E-state index is 12.7. The van der Waals surface area contributed by atoms with E-state index in [0.717, 1.165) is 33.5 Å². The fourth-order valence-electron chi connectivity index (χ4n) is 3.16. The monoisotopic (exact) mass is 407 g/mol. The number of phenols is 1. The Morgan fingerprint density at radius 1 is 1.07 bits per heavy atom. The molecular weight excluding hydrogens is 377 g/mol. The number of hydrogen-bond acceptors (Lipinski definition) is 6. The summed E-state index contributed by atoms with van der Waals surface area (Å²) in [6.45, 7) is 10.2. The molecule has 0 aliphatic carbocycles. The highest BCUT2D eigenvalue weighted by atomic mass is 31.2. The van der Waals surface area contributed by atoms with Crippen LogP contribution in [0.3, 0.4) is 0 Å². The summed E-state index contributed by atoms with van der Waals surface area (Å²) in [6.07, 6.45) is 2.63. The predicted molar refractivity (Wildman–Crippen MR) is 112 cm³/mol. The van der Waals surface area contributed by atoms with Gasteiger partial charge in [-0.2, -0.15) is 0 Å². The smallest absolute Gasteiger partial charge is 0.331 e. The molecule has 0 aliphatic rings. The quantitative estimate of drug-likeness (QED) is 0.576. The average molecular weight is 407 g/mol. The van der Waals surface area contributed by atoms with Crippen LogP contribution in [-0.4, -0.2) is 36.6 Å². The highest BCUT2D eigenvalue weighted by molar-refractivity contribution is 7.53. The summed E-state index contributed by atoms with van der Waals surface area (Å²) in [5, 5.41) is 10.1. The SMILES string of the molecule is CCOP(=O)(CCc1ncc(-c2cc(C)c(O)c(OC)c2)c(C)c1C)OCC. The molecule has 7 heteroatoms. The Hall–Kier alpha value is -1.88. The van der Waals surface area contributed by atoms with E-state index in [9.17, 15) is 9.67 Å². The zero-order chi connectivity index (χ0) is 20.9. The highest BCUT2D eigenvalue weighted by Gasteiger charge is 2.24. The molecule has 2 rings (SSSR count). The first-order valence-corrected chi connectivity index (χ1v) is 11.2. The fourth-order valence-corrected chi connectivity index (χ4v) is 4.76. The van der Waals surface area contributed by atoms with Crippen molar-refractivity contribution < 1.29 is 23.5 Å². The van der Waals surface area contributed by atoms with Gasteiger partial charge in [0, 0.05) is 23.9 Å². The normalized spacial score (nSPS) is 11.6. The Bertz CT molecular complexity index is 872. The molecule has 1 N–H and O–H groups in total. The van der Waals surface area contributed by atoms with Crippen molar-refractivity contribution in [2.75, 3.05) is 26.5 Å². The molecule has 0 spiro atoms. The molecule has 0 saturated heterocycles. The van der Waals surface area contributed by atoms with Crippen molar-refractivity contribution >= 4 is 7.60 Å². The van der Waals surface area contributed by atoms with Crippen LogP contribution in [0.5, 0.6) is 11.5 Å². The number of rotatable bonds is 9. The summed E-state index contributed by atoms with van der Waals surface area (Å²) in [6, 6.07) is 3.73. The van der Waals surface area contributed by atoms with E-state index < -0.39 is 7.60 Å². The Balaban J connectivity index is 2.33. The molecular formula is C21H30NO5P. The number of aryl methyl sites for hydroxylation is 2. The van der Waals surface area contributed by atoms with E-state index in [0.29, 0.717) is 31.5 Å². The topological polar surface area (TPSA) is 77.9 Å². The van der Waals surface area contributed by atoms with Gasteiger partial charge in [0.05, 0.1) is 26.5 Å². The summed E-state index contributed by atoms with van der Waals surface area (Å²) in [7, 11) is -1.56. The standard InChI is InChI=1S/C21H30NO5P/c1-7-26-28(24,27-8-2)10-9-19-16(5)15(4)18(13-22-19)17-11-14(3)21(23)20(12-17)25-6/h11-13,23H,7-10H2,1-6H3. The zero-order valence-electron chi connectivity index (χ0n) is 17.5. The lowest BCUT2D eigenvalue weighted by Gasteiger charge is -2.18. The number of aromatic hydroxyl groups is 1. The fraction of sp³-hybridized carbons (Fsp3) is 0.476. The molecule has 0 bridgehead atoms. The van der Waals surface area contributed by atoms with Crippen LogP contribution in [0, 0.1) is 20.8 Å². The van der Waals surface area contributed by atoms with Crippen LogP contribution < -0.4 is 4.74 Å². The van der Waals surface area contributed by atoms with Crippen LogP contribution in [0.25, 0.3) is 11.1 Å². The van der Waals surface area contributed by atoms with E-state index in [2.05, 4.69) is 4.98 Å². The molecule has 0 amide bonds. The van der Waals surface area contributed by atoms with Gasteiger partial charge in [-0.1, -0.05) is 0 Å². The van der Waals surface area contributed by atoms with Crippen molar-refractivity contribution in [3.63, 3.8) is 0 Å². The van der Waals surface area contributed by atoms with Gasteiger partial charge < -0.3 is 18.9 Å². The third-order valence-electron chi connectivity index (χ3n) is 4.82. The molecule has 1 aromatic carbocycles. The van der Waals surface area contributed by atoms with Crippen molar-refractivity contribution in [3.8, 4) is 22.6 Å². The molecule has 154 valence electrons. The third kappa shape index (κ3) is 4.93. The molecule has 1 aromatic heterocycles. The van der Waals surface area contributed by atoms with Gasteiger partial charge in [-0.3, -0.25) is 9.55 Å². The average Bonchev–Trinajstić information content (AvgIpc) is 2.65. The van der Waals surface area contributed by atoms with Crippen LogP contribution in [0.2, 0.25) is 0 Å². The van der Waals surface area contributed by atoms with Gasteiger partial charge in [-0.25, -0.2) is 0 Å². The lowest BCUT2D eigenvalue weighted by molar-refractivity contribution is 0.220. The number of nitrogens with zero attached hydrogens (tertiary/aromatic N) is 1. The second-order valence-electron chi connectivity index (χ2n) is 6.63. The number of ether oxygens (including phenoxy) is 1. The predicted octanol–water partition coefficient (Wildman–Crippen LogP) is 5.20. The summed E-state index contributed by atoms with van der Waals surface area (Å²) in [4.78, 5) is 4.61. The van der Waals surface area contributed by atoms with Crippen LogP contribution in [0.4, 0.5) is 0 Å². The zero-order valence-corrected chi connectivity index (χ0v) is 18.4. The second kappa shape index (κ2) is 9.55. The maximum Gasteiger partial charge on any atom is 0.331 e. The van der Waals surface area contributed by atoms with Crippen LogP contribution in [0.1, 0.15) is 36.2 Å². The van der Waals surface area contributed by atoms with E-state index in [4.69, 9.17) is 13.8 Å². The van der Waals surface area contributed by atoms with Crippen LogP contribution in [-0.2, 0) is 20.0 Å². The molecule has 1 heterocycles. The Morgan fingerprint density at radius 2 is 1.71 bits per heavy atom. The van der Waals surface area contributed by atoms with E-state index >= 15 is 0 Å². The number of phenolic OH excluding ortho intramolecular Hbond substituents is 1. The van der Waals surface area contributed by atoms with E-state index in [1.807, 2.05) is 52.9 Å². The second-order valence-corrected chi connectivity index (χ2v) is 8.82. The summed E-state index contributed by atoms with van der Waals surface area (Å²) in [5.41, 5.74) is 5.65. The van der Waals surface area contributed by atoms with Crippen LogP contribution >= 0.6 is 7.60 Å². The Labute approximate surface area is 167 Å². The highest BCUT2D eigenvalue weighted by Crippen LogP contribution is 2.48. The summed E-state index contributed by atoms with van der Waals surface area (Å²) >= 11 is 0. The maximum absolute atomic E-state index is 12.7. The first kappa shape index (κ1) is 22.4. The number of aromatic nitrogens is 1. The molecule has 2 aromatic rings. The lowest BCUT2D eigenvalue weighted by Crippen LogP contribution is -2.06. The number of pyridine rings is 1. The summed E-state index contributed by atoms with van der Waals surface area (Å²) in [5.74, 6) is 0.582. The van der Waals surface area contributed by atoms with Crippen molar-refractivity contribution in [2.45, 2.75) is 41.0 Å². The van der Waals surface area contributed by atoms with Gasteiger partial charge in [0.2, 0.25) is 0 Å². The van der Waals surface area contributed by atoms with Crippen molar-refractivity contribution in [2.24, 2.45) is 0 Å². The molecule has 28 heavy (non-hydrogen) atoms. The van der Waals surface area contributed by atoms with Gasteiger partial charge in [0.25, 0.3) is 0 Å². The molecule has 0 fully saturated rings. The van der Waals surface area contributed by atoms with Crippen molar-refractivity contribution in [3.05, 3.63) is 40.7 Å². The molecule has 0 unspecified atom stereocenters. The van der Waals surface area contributed by atoms with E-state index in [-0.39, 0.29) is 5.75 Å². The van der Waals surface area contributed by atoms with Gasteiger partial charge in [0.15, 0.2) is 11.5 Å². The molecule has 0 saturated carbocycles. The Kier molecular flexibility index (Phi) is 7.64. The first-order chi connectivity index (χ1) is 13.3. The van der Waals surface area contributed by atoms with E-state index in [1.165, 1.54) is 7.11 Å². The molecule has 0 aliphatic heterocycles. The Morgan fingerprint density at radius 3 is 2.29 bits per heavy atom. The number of benzene rings is 1. The van der Waals surface area contributed by atoms with Crippen LogP contribution in [0.15, 0.2) is 18.3 Å². The van der Waals surface area contributed by atoms with Gasteiger partial charge in [-0.15, -0.1) is 0 Å². The minimum atomic E-state index is -3.10. The molecule has 0 radical (unpaired) electrons. The number of hydrogen-bond donors (Lipinski definition) is 1. The minimum absolute atomic E-state index is 0.146.